The van der Waals surface area contributed by atoms with Gasteiger partial charge in [-0.2, -0.15) is 0 Å². The Morgan fingerprint density at radius 2 is 1.86 bits per heavy atom. The lowest BCUT2D eigenvalue weighted by molar-refractivity contribution is -0.128. The van der Waals surface area contributed by atoms with E-state index in [1.165, 1.54) is 0 Å². The van der Waals surface area contributed by atoms with Crippen LogP contribution >= 0.6 is 12.4 Å². The maximum atomic E-state index is 12.0. The van der Waals surface area contributed by atoms with Crippen LogP contribution in [-0.2, 0) is 9.59 Å². The molecule has 0 aliphatic rings. The third-order valence-electron chi connectivity index (χ3n) is 3.08. The summed E-state index contributed by atoms with van der Waals surface area (Å²) >= 11 is 0. The van der Waals surface area contributed by atoms with Gasteiger partial charge >= 0.3 is 0 Å². The lowest BCUT2D eigenvalue weighted by Gasteiger charge is -2.19. The second kappa shape index (κ2) is 9.99. The normalized spacial score (nSPS) is 12.7. The average Bonchev–Trinajstić information content (AvgIpc) is 2.49. The molecule has 0 aliphatic heterocycles. The van der Waals surface area contributed by atoms with Crippen molar-refractivity contribution in [1.82, 2.24) is 5.32 Å². The van der Waals surface area contributed by atoms with E-state index in [2.05, 4.69) is 5.32 Å². The zero-order chi connectivity index (χ0) is 15.8. The predicted molar refractivity (Wildman–Crippen MR) is 86.6 cm³/mol. The summed E-state index contributed by atoms with van der Waals surface area (Å²) in [6, 6.07) is 5.07. The Morgan fingerprint density at radius 3 is 2.32 bits per heavy atom. The summed E-state index contributed by atoms with van der Waals surface area (Å²) in [6.07, 6.45) is 1.09. The second-order valence-corrected chi connectivity index (χ2v) is 4.65. The number of carbonyl (C=O) groups excluding carboxylic acids is 2. The quantitative estimate of drug-likeness (QED) is 0.525. The molecule has 7 nitrogen and oxygen atoms in total. The van der Waals surface area contributed by atoms with E-state index in [-0.39, 0.29) is 12.4 Å². The molecule has 7 N–H and O–H groups in total. The van der Waals surface area contributed by atoms with E-state index >= 15 is 0 Å². The number of hydrogen-bond acceptors (Lipinski definition) is 5. The Labute approximate surface area is 136 Å². The highest BCUT2D eigenvalue weighted by atomic mass is 35.5. The number of halogens is 1. The third kappa shape index (κ3) is 5.88. The number of primary amides is 1. The molecule has 124 valence electrons. The summed E-state index contributed by atoms with van der Waals surface area (Å²) in [7, 11) is 1.54. The van der Waals surface area contributed by atoms with Crippen molar-refractivity contribution in [3.8, 4) is 5.75 Å². The first-order chi connectivity index (χ1) is 9.99. The van der Waals surface area contributed by atoms with Crippen LogP contribution in [0.1, 0.15) is 24.4 Å². The van der Waals surface area contributed by atoms with Crippen LogP contribution in [0, 0.1) is 0 Å². The van der Waals surface area contributed by atoms with E-state index < -0.39 is 23.9 Å². The van der Waals surface area contributed by atoms with Crippen molar-refractivity contribution < 1.29 is 14.3 Å². The molecule has 0 saturated carbocycles. The largest absolute Gasteiger partial charge is 0.497 e. The van der Waals surface area contributed by atoms with E-state index in [1.54, 1.807) is 31.4 Å². The van der Waals surface area contributed by atoms with Crippen molar-refractivity contribution in [3.63, 3.8) is 0 Å². The molecule has 0 bridgehead atoms. The molecule has 0 aliphatic carbocycles. The minimum absolute atomic E-state index is 0. The maximum absolute atomic E-state index is 12.0. The average molecular weight is 331 g/mol. The highest BCUT2D eigenvalue weighted by Crippen LogP contribution is 2.17. The summed E-state index contributed by atoms with van der Waals surface area (Å²) in [4.78, 5) is 23.5. The molecule has 1 rings (SSSR count). The van der Waals surface area contributed by atoms with Gasteiger partial charge in [0.1, 0.15) is 11.8 Å². The van der Waals surface area contributed by atoms with Gasteiger partial charge in [-0.15, -0.1) is 12.4 Å². The van der Waals surface area contributed by atoms with Gasteiger partial charge in [-0.25, -0.2) is 0 Å². The number of nitrogens with two attached hydrogens (primary N) is 3. The number of rotatable bonds is 8. The first-order valence-corrected chi connectivity index (χ1v) is 6.69. The molecule has 1 aromatic rings. The molecule has 2 atom stereocenters. The van der Waals surface area contributed by atoms with Crippen LogP contribution < -0.4 is 27.3 Å². The molecule has 22 heavy (non-hydrogen) atoms. The smallest absolute Gasteiger partial charge is 0.244 e. The topological polar surface area (TPSA) is 133 Å². The van der Waals surface area contributed by atoms with E-state index in [9.17, 15) is 9.59 Å². The molecule has 1 unspecified atom stereocenters. The fourth-order valence-electron chi connectivity index (χ4n) is 1.83. The number of methoxy groups -OCH3 is 1. The van der Waals surface area contributed by atoms with E-state index in [4.69, 9.17) is 21.9 Å². The minimum Gasteiger partial charge on any atom is -0.497 e. The fraction of sp³-hybridized carbons (Fsp3) is 0.429. The fourth-order valence-corrected chi connectivity index (χ4v) is 1.83. The van der Waals surface area contributed by atoms with Gasteiger partial charge < -0.3 is 27.3 Å². The minimum atomic E-state index is -0.924. The standard InChI is InChI=1S/C14H22N4O3.ClH/c1-21-10-6-4-9(5-7-10)12(13(17)19)18-14(20)11(16)3-2-8-15;/h4-7,11-12H,2-3,8,15-16H2,1H3,(H2,17,19)(H,18,20);1H/t11-,12?;/m0./s1. The Hall–Kier alpha value is -1.83. The SMILES string of the molecule is COc1ccc(C(NC(=O)[C@@H](N)CCCN)C(N)=O)cc1.Cl. The summed E-state index contributed by atoms with van der Waals surface area (Å²) in [5.41, 5.74) is 17.0. The lowest BCUT2D eigenvalue weighted by atomic mass is 10.0. The Morgan fingerprint density at radius 1 is 1.27 bits per heavy atom. The van der Waals surface area contributed by atoms with Crippen molar-refractivity contribution >= 4 is 24.2 Å². The van der Waals surface area contributed by atoms with Crippen LogP contribution in [0.15, 0.2) is 24.3 Å². The second-order valence-electron chi connectivity index (χ2n) is 4.65. The Kier molecular flexibility index (Phi) is 9.16. The molecular weight excluding hydrogens is 308 g/mol. The molecule has 8 heteroatoms. The molecule has 0 fully saturated rings. The number of carbonyl (C=O) groups is 2. The highest BCUT2D eigenvalue weighted by molar-refractivity contribution is 5.89. The molecule has 0 saturated heterocycles. The highest BCUT2D eigenvalue weighted by Gasteiger charge is 2.23. The summed E-state index contributed by atoms with van der Waals surface area (Å²) in [5.74, 6) is -0.435. The van der Waals surface area contributed by atoms with Crippen LogP contribution in [0.3, 0.4) is 0 Å². The summed E-state index contributed by atoms with van der Waals surface area (Å²) in [6.45, 7) is 0.457. The van der Waals surface area contributed by atoms with Crippen LogP contribution in [0.25, 0.3) is 0 Å². The lowest BCUT2D eigenvalue weighted by Crippen LogP contribution is -2.45. The summed E-state index contributed by atoms with van der Waals surface area (Å²) in [5, 5.41) is 2.56. The van der Waals surface area contributed by atoms with Crippen LogP contribution in [-0.4, -0.2) is 31.5 Å². The molecule has 0 radical (unpaired) electrons. The van der Waals surface area contributed by atoms with Gasteiger partial charge in [0.15, 0.2) is 0 Å². The number of nitrogens with one attached hydrogen (secondary N) is 1. The third-order valence-corrected chi connectivity index (χ3v) is 3.08. The van der Waals surface area contributed by atoms with E-state index in [0.717, 1.165) is 0 Å². The number of ether oxygens (including phenoxy) is 1. The van der Waals surface area contributed by atoms with Crippen LogP contribution in [0.4, 0.5) is 0 Å². The van der Waals surface area contributed by atoms with Crippen molar-refractivity contribution in [2.45, 2.75) is 24.9 Å². The van der Waals surface area contributed by atoms with Crippen LogP contribution in [0.5, 0.6) is 5.75 Å². The molecule has 2 amide bonds. The van der Waals surface area contributed by atoms with E-state index in [1.807, 2.05) is 0 Å². The molecule has 0 aromatic heterocycles. The Bertz CT molecular complexity index is 481. The monoisotopic (exact) mass is 330 g/mol. The van der Waals surface area contributed by atoms with Gasteiger partial charge in [0.2, 0.25) is 11.8 Å². The maximum Gasteiger partial charge on any atom is 0.244 e. The van der Waals surface area contributed by atoms with Gasteiger partial charge in [0, 0.05) is 0 Å². The zero-order valence-corrected chi connectivity index (χ0v) is 13.3. The van der Waals surface area contributed by atoms with Crippen molar-refractivity contribution in [1.29, 1.82) is 0 Å². The van der Waals surface area contributed by atoms with Gasteiger partial charge in [-0.3, -0.25) is 9.59 Å². The predicted octanol–water partition coefficient (Wildman–Crippen LogP) is -0.174. The van der Waals surface area contributed by atoms with Gasteiger partial charge in [-0.05, 0) is 37.1 Å². The van der Waals surface area contributed by atoms with Gasteiger partial charge in [0.25, 0.3) is 0 Å². The van der Waals surface area contributed by atoms with Gasteiger partial charge in [0.05, 0.1) is 13.2 Å². The van der Waals surface area contributed by atoms with Gasteiger partial charge in [-0.1, -0.05) is 12.1 Å². The van der Waals surface area contributed by atoms with Crippen LogP contribution in [0.2, 0.25) is 0 Å². The molecular formula is C14H23ClN4O3. The molecule has 1 aromatic carbocycles. The molecule has 0 heterocycles. The Balaban J connectivity index is 0.00000441. The van der Waals surface area contributed by atoms with Crippen molar-refractivity contribution in [2.75, 3.05) is 13.7 Å². The number of amides is 2. The van der Waals surface area contributed by atoms with Crippen molar-refractivity contribution in [2.24, 2.45) is 17.2 Å². The first-order valence-electron chi connectivity index (χ1n) is 6.69. The summed E-state index contributed by atoms with van der Waals surface area (Å²) < 4.78 is 5.04. The number of benzene rings is 1. The van der Waals surface area contributed by atoms with Crippen molar-refractivity contribution in [3.05, 3.63) is 29.8 Å². The van der Waals surface area contributed by atoms with E-state index in [0.29, 0.717) is 30.7 Å². The number of hydrogen-bond donors (Lipinski definition) is 4. The first kappa shape index (κ1) is 20.2. The molecule has 0 spiro atoms. The zero-order valence-electron chi connectivity index (χ0n) is 12.5.